The molecule has 1 fully saturated rings. The largest absolute Gasteiger partial charge is 0.354 e. The van der Waals surface area contributed by atoms with Gasteiger partial charge in [-0.2, -0.15) is 0 Å². The van der Waals surface area contributed by atoms with Gasteiger partial charge in [0.1, 0.15) is 5.82 Å². The van der Waals surface area contributed by atoms with Crippen LogP contribution in [0.3, 0.4) is 0 Å². The first kappa shape index (κ1) is 14.8. The van der Waals surface area contributed by atoms with Crippen LogP contribution in [-0.2, 0) is 0 Å². The lowest BCUT2D eigenvalue weighted by molar-refractivity contribution is 0.0767. The number of hydrogen-bond acceptors (Lipinski definition) is 4. The van der Waals surface area contributed by atoms with Gasteiger partial charge in [-0.05, 0) is 30.7 Å². The zero-order valence-corrected chi connectivity index (χ0v) is 12.9. The zero-order valence-electron chi connectivity index (χ0n) is 12.2. The molecule has 2 aromatic rings. The van der Waals surface area contributed by atoms with E-state index < -0.39 is 0 Å². The van der Waals surface area contributed by atoms with E-state index in [2.05, 4.69) is 14.9 Å². The summed E-state index contributed by atoms with van der Waals surface area (Å²) < 4.78 is 0. The predicted molar refractivity (Wildman–Crippen MR) is 86.2 cm³/mol. The summed E-state index contributed by atoms with van der Waals surface area (Å²) in [5.74, 6) is 0.918. The Kier molecular flexibility index (Phi) is 4.53. The Morgan fingerprint density at radius 1 is 1.05 bits per heavy atom. The summed E-state index contributed by atoms with van der Waals surface area (Å²) in [6, 6.07) is 7.04. The van der Waals surface area contributed by atoms with Crippen LogP contribution in [0.4, 0.5) is 5.82 Å². The molecule has 1 aliphatic heterocycles. The number of amides is 1. The van der Waals surface area contributed by atoms with Gasteiger partial charge < -0.3 is 9.80 Å². The summed E-state index contributed by atoms with van der Waals surface area (Å²) in [4.78, 5) is 25.0. The van der Waals surface area contributed by atoms with Gasteiger partial charge in [-0.25, -0.2) is 4.98 Å². The molecule has 1 aromatic carbocycles. The highest BCUT2D eigenvalue weighted by molar-refractivity contribution is 6.30. The van der Waals surface area contributed by atoms with Gasteiger partial charge >= 0.3 is 0 Å². The monoisotopic (exact) mass is 316 g/mol. The van der Waals surface area contributed by atoms with Crippen LogP contribution in [0.2, 0.25) is 5.02 Å². The van der Waals surface area contributed by atoms with E-state index >= 15 is 0 Å². The lowest BCUT2D eigenvalue weighted by atomic mass is 10.2. The summed E-state index contributed by atoms with van der Waals surface area (Å²) in [5.41, 5.74) is 0.678. The molecule has 0 atom stereocenters. The number of aromatic nitrogens is 2. The van der Waals surface area contributed by atoms with Gasteiger partial charge in [-0.1, -0.05) is 11.6 Å². The summed E-state index contributed by atoms with van der Waals surface area (Å²) in [5, 5.41) is 0.640. The van der Waals surface area contributed by atoms with Crippen LogP contribution in [0, 0.1) is 0 Å². The smallest absolute Gasteiger partial charge is 0.253 e. The molecule has 114 valence electrons. The Balaban J connectivity index is 1.67. The Morgan fingerprint density at radius 3 is 2.59 bits per heavy atom. The second-order valence-corrected chi connectivity index (χ2v) is 5.64. The molecule has 22 heavy (non-hydrogen) atoms. The highest BCUT2D eigenvalue weighted by Crippen LogP contribution is 2.15. The van der Waals surface area contributed by atoms with Crippen LogP contribution < -0.4 is 4.90 Å². The minimum absolute atomic E-state index is 0.0534. The van der Waals surface area contributed by atoms with Crippen LogP contribution in [0.15, 0.2) is 42.9 Å². The molecule has 0 aliphatic carbocycles. The highest BCUT2D eigenvalue weighted by atomic mass is 35.5. The second-order valence-electron chi connectivity index (χ2n) is 5.20. The average molecular weight is 317 g/mol. The van der Waals surface area contributed by atoms with Gasteiger partial charge in [0.15, 0.2) is 0 Å². The van der Waals surface area contributed by atoms with E-state index in [1.807, 2.05) is 4.90 Å². The van der Waals surface area contributed by atoms with Crippen molar-refractivity contribution in [2.75, 3.05) is 31.1 Å². The molecular weight excluding hydrogens is 300 g/mol. The molecule has 2 heterocycles. The minimum atomic E-state index is 0.0534. The van der Waals surface area contributed by atoms with E-state index in [0.717, 1.165) is 31.9 Å². The molecule has 1 saturated heterocycles. The van der Waals surface area contributed by atoms with Gasteiger partial charge in [-0.15, -0.1) is 0 Å². The molecule has 1 aliphatic rings. The summed E-state index contributed by atoms with van der Waals surface area (Å²) in [6.45, 7) is 3.07. The first-order valence-corrected chi connectivity index (χ1v) is 7.67. The highest BCUT2D eigenvalue weighted by Gasteiger charge is 2.20. The summed E-state index contributed by atoms with van der Waals surface area (Å²) >= 11 is 5.87. The molecule has 1 amide bonds. The first-order chi connectivity index (χ1) is 10.7. The third-order valence-corrected chi connectivity index (χ3v) is 4.00. The Bertz CT molecular complexity index is 632. The Morgan fingerprint density at radius 2 is 1.86 bits per heavy atom. The van der Waals surface area contributed by atoms with Gasteiger partial charge in [0, 0.05) is 49.2 Å². The van der Waals surface area contributed by atoms with Crippen LogP contribution in [0.5, 0.6) is 0 Å². The molecule has 3 rings (SSSR count). The molecule has 0 bridgehead atoms. The van der Waals surface area contributed by atoms with E-state index in [1.54, 1.807) is 42.9 Å². The first-order valence-electron chi connectivity index (χ1n) is 7.30. The van der Waals surface area contributed by atoms with Gasteiger partial charge in [0.05, 0.1) is 6.20 Å². The van der Waals surface area contributed by atoms with Crippen LogP contribution in [-0.4, -0.2) is 47.0 Å². The number of anilines is 1. The van der Waals surface area contributed by atoms with Crippen molar-refractivity contribution >= 4 is 23.3 Å². The van der Waals surface area contributed by atoms with Crippen LogP contribution in [0.25, 0.3) is 0 Å². The number of nitrogens with zero attached hydrogens (tertiary/aromatic N) is 4. The molecule has 0 radical (unpaired) electrons. The van der Waals surface area contributed by atoms with E-state index in [9.17, 15) is 4.79 Å². The Hall–Kier alpha value is -2.14. The molecule has 6 heteroatoms. The third-order valence-electron chi connectivity index (χ3n) is 3.75. The van der Waals surface area contributed by atoms with Crippen molar-refractivity contribution in [3.8, 4) is 0 Å². The maximum Gasteiger partial charge on any atom is 0.253 e. The summed E-state index contributed by atoms with van der Waals surface area (Å²) in [7, 11) is 0. The Labute approximate surface area is 134 Å². The second kappa shape index (κ2) is 6.75. The third kappa shape index (κ3) is 3.36. The predicted octanol–water partition coefficient (Wildman–Crippen LogP) is 2.48. The number of rotatable bonds is 2. The molecule has 0 unspecified atom stereocenters. The zero-order chi connectivity index (χ0) is 15.4. The molecule has 0 saturated carbocycles. The number of carbonyl (C=O) groups is 1. The fraction of sp³-hybridized carbons (Fsp3) is 0.312. The standard InChI is InChI=1S/C16H17ClN4O/c17-14-4-2-13(3-5-14)16(22)21-9-1-8-20(10-11-21)15-12-18-6-7-19-15/h2-7,12H,1,8-11H2. The number of hydrogen-bond donors (Lipinski definition) is 0. The minimum Gasteiger partial charge on any atom is -0.354 e. The van der Waals surface area contributed by atoms with E-state index in [4.69, 9.17) is 11.6 Å². The van der Waals surface area contributed by atoms with Crippen LogP contribution >= 0.6 is 11.6 Å². The molecule has 0 N–H and O–H groups in total. The topological polar surface area (TPSA) is 49.3 Å². The van der Waals surface area contributed by atoms with Crippen molar-refractivity contribution in [2.24, 2.45) is 0 Å². The fourth-order valence-corrected chi connectivity index (χ4v) is 2.71. The molecular formula is C16H17ClN4O. The number of carbonyl (C=O) groups excluding carboxylic acids is 1. The van der Waals surface area contributed by atoms with Crippen LogP contribution in [0.1, 0.15) is 16.8 Å². The SMILES string of the molecule is O=C(c1ccc(Cl)cc1)N1CCCN(c2cnccn2)CC1. The normalized spacial score (nSPS) is 15.5. The van der Waals surface area contributed by atoms with E-state index in [1.165, 1.54) is 0 Å². The molecule has 1 aromatic heterocycles. The van der Waals surface area contributed by atoms with Gasteiger partial charge in [0.2, 0.25) is 0 Å². The van der Waals surface area contributed by atoms with Crippen molar-refractivity contribution < 1.29 is 4.79 Å². The average Bonchev–Trinajstić information content (AvgIpc) is 2.82. The van der Waals surface area contributed by atoms with Crippen molar-refractivity contribution in [1.82, 2.24) is 14.9 Å². The molecule has 5 nitrogen and oxygen atoms in total. The van der Waals surface area contributed by atoms with Crippen molar-refractivity contribution in [1.29, 1.82) is 0 Å². The number of halogens is 1. The van der Waals surface area contributed by atoms with E-state index in [0.29, 0.717) is 17.1 Å². The fourth-order valence-electron chi connectivity index (χ4n) is 2.58. The van der Waals surface area contributed by atoms with E-state index in [-0.39, 0.29) is 5.91 Å². The lowest BCUT2D eigenvalue weighted by Gasteiger charge is -2.22. The van der Waals surface area contributed by atoms with Crippen molar-refractivity contribution in [2.45, 2.75) is 6.42 Å². The quantitative estimate of drug-likeness (QED) is 0.854. The summed E-state index contributed by atoms with van der Waals surface area (Å²) in [6.07, 6.45) is 6.03. The maximum absolute atomic E-state index is 12.5. The van der Waals surface area contributed by atoms with Crippen molar-refractivity contribution in [3.05, 3.63) is 53.4 Å². The lowest BCUT2D eigenvalue weighted by Crippen LogP contribution is -2.35. The van der Waals surface area contributed by atoms with Crippen molar-refractivity contribution in [3.63, 3.8) is 0 Å². The number of benzene rings is 1. The van der Waals surface area contributed by atoms with Gasteiger partial charge in [0.25, 0.3) is 5.91 Å². The maximum atomic E-state index is 12.5. The van der Waals surface area contributed by atoms with Gasteiger partial charge in [-0.3, -0.25) is 9.78 Å². The molecule has 0 spiro atoms.